The van der Waals surface area contributed by atoms with Crippen molar-refractivity contribution in [1.82, 2.24) is 0 Å². The third-order valence-corrected chi connectivity index (χ3v) is 8.47. The third kappa shape index (κ3) is 2.96. The molecule has 4 rings (SSSR count). The quantitative estimate of drug-likeness (QED) is 0.580. The molecule has 0 bridgehead atoms. The molecule has 3 heteroatoms. The van der Waals surface area contributed by atoms with Crippen LogP contribution >= 0.6 is 0 Å². The lowest BCUT2D eigenvalue weighted by Gasteiger charge is -2.49. The van der Waals surface area contributed by atoms with Crippen LogP contribution in [-0.4, -0.2) is 17.3 Å². The minimum absolute atomic E-state index is 0.0802. The van der Waals surface area contributed by atoms with Crippen LogP contribution in [0.3, 0.4) is 0 Å². The number of Topliss-reactive ketones (excluding diaryl/α,β-unsaturated/α-hetero) is 3. The molecule has 164 valence electrons. The fraction of sp³-hybridized carbons (Fsp3) is 0.536. The Labute approximate surface area is 186 Å². The van der Waals surface area contributed by atoms with Crippen LogP contribution in [0, 0.1) is 31.1 Å². The Hall–Kier alpha value is -2.29. The highest BCUT2D eigenvalue weighted by Gasteiger charge is 2.54. The molecule has 0 amide bonds. The average Bonchev–Trinajstić information content (AvgIpc) is 2.68. The molecule has 3 aliphatic carbocycles. The van der Waals surface area contributed by atoms with Crippen molar-refractivity contribution in [3.8, 4) is 0 Å². The SMILES string of the molecule is CCCc1cc(C)c2c(c1C)C(=O)C1=C(C)C3(C)C(=O)C(C(C)=O)=C(C)CC3CC1C2. The van der Waals surface area contributed by atoms with Crippen molar-refractivity contribution in [2.45, 2.75) is 80.6 Å². The Morgan fingerprint density at radius 1 is 1.13 bits per heavy atom. The van der Waals surface area contributed by atoms with Crippen LogP contribution in [0.1, 0.15) is 86.5 Å². The predicted molar refractivity (Wildman–Crippen MR) is 123 cm³/mol. The molecule has 0 N–H and O–H groups in total. The van der Waals surface area contributed by atoms with Gasteiger partial charge in [0, 0.05) is 11.1 Å². The summed E-state index contributed by atoms with van der Waals surface area (Å²) >= 11 is 0. The van der Waals surface area contributed by atoms with E-state index in [0.717, 1.165) is 60.0 Å². The van der Waals surface area contributed by atoms with Gasteiger partial charge in [0.2, 0.25) is 0 Å². The Morgan fingerprint density at radius 2 is 1.81 bits per heavy atom. The van der Waals surface area contributed by atoms with Gasteiger partial charge in [-0.1, -0.05) is 30.6 Å². The van der Waals surface area contributed by atoms with Gasteiger partial charge in [0.25, 0.3) is 0 Å². The Morgan fingerprint density at radius 3 is 2.42 bits per heavy atom. The van der Waals surface area contributed by atoms with Gasteiger partial charge in [-0.05, 0) is 101 Å². The summed E-state index contributed by atoms with van der Waals surface area (Å²) in [6.45, 7) is 13.7. The van der Waals surface area contributed by atoms with Gasteiger partial charge in [-0.2, -0.15) is 0 Å². The standard InChI is InChI=1S/C28H34O3/c1-8-9-19-10-14(2)22-13-20-12-21-11-15(3)23(18(6)29)27(31)28(21,7)17(5)25(20)26(30)24(22)16(19)4/h10,20-21H,8-9,11-13H2,1-7H3. The number of hydrogen-bond acceptors (Lipinski definition) is 3. The Kier molecular flexibility index (Phi) is 5.23. The molecule has 0 heterocycles. The Balaban J connectivity index is 1.91. The number of carbonyl (C=O) groups is 3. The monoisotopic (exact) mass is 418 g/mol. The molecule has 0 aromatic heterocycles. The minimum atomic E-state index is -0.760. The van der Waals surface area contributed by atoms with Gasteiger partial charge >= 0.3 is 0 Å². The van der Waals surface area contributed by atoms with Crippen molar-refractivity contribution >= 4 is 17.3 Å². The van der Waals surface area contributed by atoms with Crippen molar-refractivity contribution in [3.63, 3.8) is 0 Å². The van der Waals surface area contributed by atoms with Gasteiger partial charge < -0.3 is 0 Å². The maximum atomic E-state index is 13.9. The van der Waals surface area contributed by atoms with E-state index in [1.54, 1.807) is 0 Å². The molecule has 3 aliphatic rings. The molecule has 0 fully saturated rings. The summed E-state index contributed by atoms with van der Waals surface area (Å²) in [4.78, 5) is 39.8. The topological polar surface area (TPSA) is 51.2 Å². The smallest absolute Gasteiger partial charge is 0.189 e. The number of allylic oxidation sites excluding steroid dienone is 4. The van der Waals surface area contributed by atoms with Gasteiger partial charge in [-0.15, -0.1) is 0 Å². The van der Waals surface area contributed by atoms with Crippen molar-refractivity contribution in [2.24, 2.45) is 17.3 Å². The second-order valence-corrected chi connectivity index (χ2v) is 10.2. The number of ketones is 3. The summed E-state index contributed by atoms with van der Waals surface area (Å²) in [6.07, 6.45) is 4.48. The number of hydrogen-bond donors (Lipinski definition) is 0. The molecule has 0 radical (unpaired) electrons. The zero-order chi connectivity index (χ0) is 22.8. The molecule has 0 spiro atoms. The van der Waals surface area contributed by atoms with Gasteiger partial charge in [0.05, 0.1) is 11.0 Å². The first kappa shape index (κ1) is 21.9. The fourth-order valence-electron chi connectivity index (χ4n) is 6.68. The zero-order valence-electron chi connectivity index (χ0n) is 20.0. The summed E-state index contributed by atoms with van der Waals surface area (Å²) in [5.41, 5.74) is 7.92. The van der Waals surface area contributed by atoms with Crippen LogP contribution in [0.25, 0.3) is 0 Å². The molecule has 3 atom stereocenters. The van der Waals surface area contributed by atoms with E-state index in [4.69, 9.17) is 0 Å². The van der Waals surface area contributed by atoms with Gasteiger partial charge in [0.15, 0.2) is 17.3 Å². The number of rotatable bonds is 3. The lowest BCUT2D eigenvalue weighted by molar-refractivity contribution is -0.129. The van der Waals surface area contributed by atoms with Crippen LogP contribution in [-0.2, 0) is 22.4 Å². The summed E-state index contributed by atoms with van der Waals surface area (Å²) in [6, 6.07) is 2.27. The van der Waals surface area contributed by atoms with E-state index < -0.39 is 5.41 Å². The molecule has 31 heavy (non-hydrogen) atoms. The number of benzene rings is 1. The molecular formula is C28H34O3. The van der Waals surface area contributed by atoms with Crippen molar-refractivity contribution in [3.05, 3.63) is 56.2 Å². The minimum Gasteiger partial charge on any atom is -0.294 e. The van der Waals surface area contributed by atoms with E-state index in [0.29, 0.717) is 5.57 Å². The summed E-state index contributed by atoms with van der Waals surface area (Å²) in [7, 11) is 0. The molecule has 0 aliphatic heterocycles. The summed E-state index contributed by atoms with van der Waals surface area (Å²) in [5.74, 6) is 0.187. The third-order valence-electron chi connectivity index (χ3n) is 8.47. The Bertz CT molecular complexity index is 1100. The van der Waals surface area contributed by atoms with Gasteiger partial charge in [-0.3, -0.25) is 14.4 Å². The van der Waals surface area contributed by atoms with E-state index in [1.165, 1.54) is 23.6 Å². The van der Waals surface area contributed by atoms with Crippen molar-refractivity contribution in [2.75, 3.05) is 0 Å². The molecule has 1 aromatic carbocycles. The number of carbonyl (C=O) groups excluding carboxylic acids is 3. The maximum Gasteiger partial charge on any atom is 0.189 e. The van der Waals surface area contributed by atoms with E-state index in [2.05, 4.69) is 26.8 Å². The van der Waals surface area contributed by atoms with E-state index in [9.17, 15) is 14.4 Å². The summed E-state index contributed by atoms with van der Waals surface area (Å²) in [5, 5.41) is 0. The van der Waals surface area contributed by atoms with Crippen LogP contribution in [0.2, 0.25) is 0 Å². The summed E-state index contributed by atoms with van der Waals surface area (Å²) < 4.78 is 0. The van der Waals surface area contributed by atoms with E-state index in [1.807, 2.05) is 20.8 Å². The van der Waals surface area contributed by atoms with E-state index >= 15 is 0 Å². The molecular weight excluding hydrogens is 384 g/mol. The molecule has 1 aromatic rings. The van der Waals surface area contributed by atoms with Crippen LogP contribution < -0.4 is 0 Å². The number of fused-ring (bicyclic) bond motifs is 3. The average molecular weight is 419 g/mol. The highest BCUT2D eigenvalue weighted by atomic mass is 16.2. The lowest BCUT2D eigenvalue weighted by Crippen LogP contribution is -2.49. The van der Waals surface area contributed by atoms with Gasteiger partial charge in [0.1, 0.15) is 0 Å². The predicted octanol–water partition coefficient (Wildman–Crippen LogP) is 5.83. The first-order valence-corrected chi connectivity index (χ1v) is 11.7. The molecule has 3 unspecified atom stereocenters. The number of aryl methyl sites for hydroxylation is 2. The molecule has 0 saturated heterocycles. The van der Waals surface area contributed by atoms with Gasteiger partial charge in [-0.25, -0.2) is 0 Å². The highest BCUT2D eigenvalue weighted by Crippen LogP contribution is 2.56. The second kappa shape index (κ2) is 7.39. The molecule has 0 saturated carbocycles. The largest absolute Gasteiger partial charge is 0.294 e. The molecule has 3 nitrogen and oxygen atoms in total. The fourth-order valence-corrected chi connectivity index (χ4v) is 6.68. The first-order chi connectivity index (χ1) is 14.5. The van der Waals surface area contributed by atoms with Crippen LogP contribution in [0.4, 0.5) is 0 Å². The lowest BCUT2D eigenvalue weighted by atomic mass is 9.52. The first-order valence-electron chi connectivity index (χ1n) is 11.7. The van der Waals surface area contributed by atoms with Crippen LogP contribution in [0.5, 0.6) is 0 Å². The second-order valence-electron chi connectivity index (χ2n) is 10.2. The normalized spacial score (nSPS) is 27.8. The van der Waals surface area contributed by atoms with Crippen molar-refractivity contribution in [1.29, 1.82) is 0 Å². The zero-order valence-corrected chi connectivity index (χ0v) is 20.0. The maximum absolute atomic E-state index is 13.9. The highest BCUT2D eigenvalue weighted by molar-refractivity contribution is 6.24. The van der Waals surface area contributed by atoms with Crippen LogP contribution in [0.15, 0.2) is 28.4 Å². The van der Waals surface area contributed by atoms with E-state index in [-0.39, 0.29) is 29.2 Å². The van der Waals surface area contributed by atoms with Crippen molar-refractivity contribution < 1.29 is 14.4 Å².